The van der Waals surface area contributed by atoms with Gasteiger partial charge in [0.25, 0.3) is 0 Å². The first kappa shape index (κ1) is 67.6. The Morgan fingerprint density at radius 3 is 1.27 bits per heavy atom. The van der Waals surface area contributed by atoms with Gasteiger partial charge >= 0.3 is 10.4 Å². The Bertz CT molecular complexity index is 1350. The van der Waals surface area contributed by atoms with Crippen LogP contribution in [-0.4, -0.2) is 95.4 Å². The number of rotatable bonds is 52. The zero-order chi connectivity index (χ0) is 51.9. The van der Waals surface area contributed by atoms with Gasteiger partial charge in [-0.25, -0.2) is 4.18 Å². The largest absolute Gasteiger partial charge is 0.397 e. The van der Waals surface area contributed by atoms with Crippen LogP contribution < -0.4 is 5.32 Å². The molecule has 1 rings (SSSR count). The Morgan fingerprint density at radius 2 is 0.901 bits per heavy atom. The van der Waals surface area contributed by atoms with Gasteiger partial charge in [-0.05, 0) is 44.9 Å². The molecule has 1 aliphatic rings. The van der Waals surface area contributed by atoms with Crippen molar-refractivity contribution < 1.29 is 51.8 Å². The summed E-state index contributed by atoms with van der Waals surface area (Å²) in [6.07, 6.45) is 50.8. The van der Waals surface area contributed by atoms with Crippen LogP contribution in [0.4, 0.5) is 0 Å². The lowest BCUT2D eigenvalue weighted by Gasteiger charge is -2.41. The maximum absolute atomic E-state index is 13.1. The van der Waals surface area contributed by atoms with Crippen LogP contribution in [0.2, 0.25) is 0 Å². The van der Waals surface area contributed by atoms with E-state index in [-0.39, 0.29) is 18.9 Å². The highest BCUT2D eigenvalue weighted by Gasteiger charge is 2.48. The molecule has 1 fully saturated rings. The highest BCUT2D eigenvalue weighted by atomic mass is 32.3. The second kappa shape index (κ2) is 48.2. The molecule has 0 aromatic rings. The number of hydrogen-bond acceptors (Lipinski definition) is 10. The van der Waals surface area contributed by atoms with Crippen LogP contribution in [0.25, 0.3) is 0 Å². The predicted molar refractivity (Wildman–Crippen MR) is 292 cm³/mol. The topological polar surface area (TPSA) is 192 Å². The van der Waals surface area contributed by atoms with Gasteiger partial charge < -0.3 is 35.2 Å². The fraction of sp³-hybridized carbons (Fsp3) is 0.914. The van der Waals surface area contributed by atoms with E-state index in [1.54, 1.807) is 6.08 Å². The van der Waals surface area contributed by atoms with Crippen molar-refractivity contribution in [1.29, 1.82) is 0 Å². The van der Waals surface area contributed by atoms with Crippen molar-refractivity contribution in [1.82, 2.24) is 5.32 Å². The quantitative estimate of drug-likeness (QED) is 0.0193. The summed E-state index contributed by atoms with van der Waals surface area (Å²) >= 11 is 0. The van der Waals surface area contributed by atoms with E-state index in [4.69, 9.17) is 9.47 Å². The lowest BCUT2D eigenvalue weighted by atomic mass is 9.99. The summed E-state index contributed by atoms with van der Waals surface area (Å²) in [5.41, 5.74) is 0. The first-order chi connectivity index (χ1) is 34.5. The molecule has 0 spiro atoms. The summed E-state index contributed by atoms with van der Waals surface area (Å²) in [7, 11) is -5.09. The molecule has 1 heterocycles. The molecule has 0 aromatic carbocycles. The number of aliphatic hydroxyl groups excluding tert-OH is 4. The van der Waals surface area contributed by atoms with Crippen LogP contribution in [0.5, 0.6) is 0 Å². The molecule has 1 aliphatic heterocycles. The van der Waals surface area contributed by atoms with E-state index in [0.717, 1.165) is 44.9 Å². The fourth-order valence-electron chi connectivity index (χ4n) is 9.63. The van der Waals surface area contributed by atoms with Crippen LogP contribution in [0.3, 0.4) is 0 Å². The van der Waals surface area contributed by atoms with Crippen LogP contribution in [0, 0.1) is 0 Å². The van der Waals surface area contributed by atoms with Crippen molar-refractivity contribution in [2.75, 3.05) is 13.2 Å². The third-order valence-electron chi connectivity index (χ3n) is 14.2. The van der Waals surface area contributed by atoms with Crippen molar-refractivity contribution >= 4 is 16.3 Å². The average molecular weight is 1030 g/mol. The van der Waals surface area contributed by atoms with Gasteiger partial charge in [-0.2, -0.15) is 8.42 Å². The number of hydrogen-bond donors (Lipinski definition) is 6. The van der Waals surface area contributed by atoms with Crippen LogP contribution in [0.15, 0.2) is 24.3 Å². The Morgan fingerprint density at radius 1 is 0.549 bits per heavy atom. The fourth-order valence-corrected chi connectivity index (χ4v) is 10.1. The molecule has 7 atom stereocenters. The number of carbonyl (C=O) groups is 1. The lowest BCUT2D eigenvalue weighted by Crippen LogP contribution is -2.61. The van der Waals surface area contributed by atoms with Crippen LogP contribution >= 0.6 is 0 Å². The van der Waals surface area contributed by atoms with Crippen molar-refractivity contribution in [2.45, 2.75) is 326 Å². The number of aliphatic hydroxyl groups is 4. The lowest BCUT2D eigenvalue weighted by molar-refractivity contribution is -0.298. The molecule has 0 aliphatic carbocycles. The molecule has 0 bridgehead atoms. The number of carbonyl (C=O) groups excluding carboxylic acids is 1. The highest BCUT2D eigenvalue weighted by Crippen LogP contribution is 2.26. The van der Waals surface area contributed by atoms with Gasteiger partial charge in [0, 0.05) is 6.42 Å². The first-order valence-corrected chi connectivity index (χ1v) is 31.1. The van der Waals surface area contributed by atoms with Gasteiger partial charge in [-0.3, -0.25) is 9.35 Å². The summed E-state index contributed by atoms with van der Waals surface area (Å²) in [6.45, 7) is 3.44. The third kappa shape index (κ3) is 40.6. The zero-order valence-corrected chi connectivity index (χ0v) is 46.4. The van der Waals surface area contributed by atoms with E-state index in [9.17, 15) is 38.2 Å². The minimum atomic E-state index is -5.09. The summed E-state index contributed by atoms with van der Waals surface area (Å²) in [4.78, 5) is 13.1. The first-order valence-electron chi connectivity index (χ1n) is 29.7. The Balaban J connectivity index is 2.37. The zero-order valence-electron chi connectivity index (χ0n) is 45.6. The summed E-state index contributed by atoms with van der Waals surface area (Å²) in [5.74, 6) is -0.263. The summed E-state index contributed by atoms with van der Waals surface area (Å²) in [6, 6.07) is -0.946. The second-order valence-corrected chi connectivity index (χ2v) is 22.0. The minimum Gasteiger partial charge on any atom is -0.394 e. The highest BCUT2D eigenvalue weighted by molar-refractivity contribution is 7.80. The van der Waals surface area contributed by atoms with Crippen LogP contribution in [-0.2, 0) is 28.9 Å². The molecule has 0 saturated carbocycles. The van der Waals surface area contributed by atoms with Crippen LogP contribution in [0.1, 0.15) is 284 Å². The molecule has 13 heteroatoms. The van der Waals surface area contributed by atoms with Crippen molar-refractivity contribution in [3.63, 3.8) is 0 Å². The van der Waals surface area contributed by atoms with Crippen molar-refractivity contribution in [3.8, 4) is 0 Å². The molecule has 1 saturated heterocycles. The third-order valence-corrected chi connectivity index (χ3v) is 14.7. The van der Waals surface area contributed by atoms with Crippen molar-refractivity contribution in [2.24, 2.45) is 0 Å². The smallest absolute Gasteiger partial charge is 0.394 e. The molecule has 1 amide bonds. The molecular weight excluding hydrogens is 919 g/mol. The van der Waals surface area contributed by atoms with Gasteiger partial charge in [-0.15, -0.1) is 0 Å². The number of nitrogens with one attached hydrogen (secondary N) is 1. The molecule has 420 valence electrons. The maximum Gasteiger partial charge on any atom is 0.397 e. The molecule has 0 radical (unpaired) electrons. The molecular formula is C58H111NO11S. The maximum atomic E-state index is 13.1. The van der Waals surface area contributed by atoms with E-state index in [1.807, 2.05) is 6.08 Å². The van der Waals surface area contributed by atoms with E-state index >= 15 is 0 Å². The number of allylic oxidation sites excluding steroid dienone is 3. The van der Waals surface area contributed by atoms with E-state index in [2.05, 4.69) is 35.5 Å². The normalized spacial score (nSPS) is 19.6. The Labute approximate surface area is 435 Å². The van der Waals surface area contributed by atoms with Gasteiger partial charge in [0.1, 0.15) is 24.4 Å². The monoisotopic (exact) mass is 1030 g/mol. The molecule has 0 aromatic heterocycles. The van der Waals surface area contributed by atoms with Gasteiger partial charge in [0.2, 0.25) is 5.91 Å². The molecule has 7 unspecified atom stereocenters. The SMILES string of the molecule is CCCCCCCCCCCCCC/C=C\CCCCCCCCCC(=O)NC(COC1OC(CO)C(O)C(OS(=O)(=O)O)C1O)C(O)/C=C/CCCCCCCCCCCCCCCCCCCCC. The van der Waals surface area contributed by atoms with Gasteiger partial charge in [0.05, 0.1) is 25.4 Å². The summed E-state index contributed by atoms with van der Waals surface area (Å²) in [5, 5.41) is 45.0. The molecule has 6 N–H and O–H groups in total. The number of amides is 1. The van der Waals surface area contributed by atoms with Crippen molar-refractivity contribution in [3.05, 3.63) is 24.3 Å². The second-order valence-electron chi connectivity index (χ2n) is 20.9. The average Bonchev–Trinajstić information content (AvgIpc) is 3.34. The Hall–Kier alpha value is -1.42. The van der Waals surface area contributed by atoms with E-state index in [0.29, 0.717) is 6.42 Å². The minimum absolute atomic E-state index is 0.263. The van der Waals surface area contributed by atoms with E-state index in [1.165, 1.54) is 212 Å². The van der Waals surface area contributed by atoms with E-state index < -0.39 is 59.9 Å². The van der Waals surface area contributed by atoms with Gasteiger partial charge in [-0.1, -0.05) is 256 Å². The molecule has 12 nitrogen and oxygen atoms in total. The summed E-state index contributed by atoms with van der Waals surface area (Å²) < 4.78 is 47.9. The standard InChI is InChI=1S/C58H111NO11S/c1-3-5-7-9-11-13-15-17-19-21-23-25-26-28-30-32-34-36-38-40-42-44-46-48-54(62)59-51(50-68-58-56(64)57(70-71(65,66)67)55(63)53(49-60)69-58)52(61)47-45-43-41-39-37-35-33-31-29-27-24-22-20-18-16-14-12-10-8-6-4-2/h28,30,45,47,51-53,55-58,60-61,63-64H,3-27,29,31-44,46,48-50H2,1-2H3,(H,59,62)(H,65,66,67)/b30-28-,47-45+. The van der Waals surface area contributed by atoms with Gasteiger partial charge in [0.15, 0.2) is 6.29 Å². The predicted octanol–water partition coefficient (Wildman–Crippen LogP) is 14.0. The number of ether oxygens (including phenoxy) is 2. The number of unbranched alkanes of at least 4 members (excludes halogenated alkanes) is 38. The molecule has 71 heavy (non-hydrogen) atoms. The Kier molecular flexibility index (Phi) is 45.9.